The predicted octanol–water partition coefficient (Wildman–Crippen LogP) is 0.713. The van der Waals surface area contributed by atoms with Crippen molar-refractivity contribution in [2.75, 3.05) is 6.54 Å². The molecule has 3 nitrogen and oxygen atoms in total. The minimum atomic E-state index is 0.683. The standard InChI is InChI=1S/C8H15N3/c1-3-8-10-7(2)6-11(8)5-4-9/h6H,3-5,9H2,1-2H3. The number of nitrogens with two attached hydrogens (primary N) is 1. The van der Waals surface area contributed by atoms with Gasteiger partial charge < -0.3 is 10.3 Å². The summed E-state index contributed by atoms with van der Waals surface area (Å²) in [4.78, 5) is 4.36. The Labute approximate surface area is 67.2 Å². The van der Waals surface area contributed by atoms with E-state index in [1.807, 2.05) is 13.1 Å². The number of rotatable bonds is 3. The van der Waals surface area contributed by atoms with Crippen molar-refractivity contribution in [1.29, 1.82) is 0 Å². The van der Waals surface area contributed by atoms with Gasteiger partial charge >= 0.3 is 0 Å². The summed E-state index contributed by atoms with van der Waals surface area (Å²) in [6.45, 7) is 5.67. The maximum Gasteiger partial charge on any atom is 0.108 e. The molecule has 0 atom stereocenters. The largest absolute Gasteiger partial charge is 0.333 e. The number of hydrogen-bond donors (Lipinski definition) is 1. The van der Waals surface area contributed by atoms with Crippen LogP contribution in [0.3, 0.4) is 0 Å². The van der Waals surface area contributed by atoms with E-state index >= 15 is 0 Å². The van der Waals surface area contributed by atoms with Gasteiger partial charge in [-0.2, -0.15) is 0 Å². The van der Waals surface area contributed by atoms with Crippen molar-refractivity contribution in [3.63, 3.8) is 0 Å². The Morgan fingerprint density at radius 2 is 2.36 bits per heavy atom. The van der Waals surface area contributed by atoms with Crippen LogP contribution in [0.1, 0.15) is 18.4 Å². The van der Waals surface area contributed by atoms with Crippen molar-refractivity contribution in [2.24, 2.45) is 5.73 Å². The zero-order valence-electron chi connectivity index (χ0n) is 7.17. The summed E-state index contributed by atoms with van der Waals surface area (Å²) in [6, 6.07) is 0. The predicted molar refractivity (Wildman–Crippen MR) is 45.4 cm³/mol. The lowest BCUT2D eigenvalue weighted by molar-refractivity contribution is 0.666. The van der Waals surface area contributed by atoms with Crippen LogP contribution in [0.15, 0.2) is 6.20 Å². The summed E-state index contributed by atoms with van der Waals surface area (Å²) >= 11 is 0. The van der Waals surface area contributed by atoms with Crippen LogP contribution < -0.4 is 5.73 Å². The van der Waals surface area contributed by atoms with Gasteiger partial charge in [0.2, 0.25) is 0 Å². The van der Waals surface area contributed by atoms with Gasteiger partial charge in [0.1, 0.15) is 5.82 Å². The van der Waals surface area contributed by atoms with Gasteiger partial charge in [-0.3, -0.25) is 0 Å². The highest BCUT2D eigenvalue weighted by molar-refractivity contribution is 5.01. The van der Waals surface area contributed by atoms with E-state index in [4.69, 9.17) is 5.73 Å². The summed E-state index contributed by atoms with van der Waals surface area (Å²) in [7, 11) is 0. The summed E-state index contributed by atoms with van der Waals surface area (Å²) in [6.07, 6.45) is 3.03. The van der Waals surface area contributed by atoms with E-state index in [2.05, 4.69) is 16.5 Å². The zero-order chi connectivity index (χ0) is 8.27. The molecule has 62 valence electrons. The maximum atomic E-state index is 5.44. The zero-order valence-corrected chi connectivity index (χ0v) is 7.17. The van der Waals surface area contributed by atoms with Gasteiger partial charge in [-0.25, -0.2) is 4.98 Å². The SMILES string of the molecule is CCc1nc(C)cn1CCN. The second-order valence-electron chi connectivity index (χ2n) is 2.63. The molecule has 0 aliphatic rings. The fourth-order valence-corrected chi connectivity index (χ4v) is 1.21. The molecule has 1 rings (SSSR count). The van der Waals surface area contributed by atoms with Crippen molar-refractivity contribution >= 4 is 0 Å². The summed E-state index contributed by atoms with van der Waals surface area (Å²) in [5, 5.41) is 0. The van der Waals surface area contributed by atoms with Crippen molar-refractivity contribution in [2.45, 2.75) is 26.8 Å². The lowest BCUT2D eigenvalue weighted by atomic mass is 10.4. The lowest BCUT2D eigenvalue weighted by Gasteiger charge is -2.01. The van der Waals surface area contributed by atoms with E-state index in [1.165, 1.54) is 0 Å². The molecule has 0 spiro atoms. The van der Waals surface area contributed by atoms with Gasteiger partial charge in [0.25, 0.3) is 0 Å². The molecule has 2 N–H and O–H groups in total. The van der Waals surface area contributed by atoms with Crippen LogP contribution in [-0.4, -0.2) is 16.1 Å². The van der Waals surface area contributed by atoms with Gasteiger partial charge in [0.05, 0.1) is 5.69 Å². The molecule has 0 saturated carbocycles. The Hall–Kier alpha value is -0.830. The van der Waals surface area contributed by atoms with Gasteiger partial charge in [-0.1, -0.05) is 6.92 Å². The van der Waals surface area contributed by atoms with Crippen LogP contribution in [0, 0.1) is 6.92 Å². The Morgan fingerprint density at radius 3 is 2.91 bits per heavy atom. The first-order valence-electron chi connectivity index (χ1n) is 4.00. The minimum Gasteiger partial charge on any atom is -0.333 e. The molecule has 0 aliphatic heterocycles. The van der Waals surface area contributed by atoms with E-state index in [1.54, 1.807) is 0 Å². The number of nitrogens with zero attached hydrogens (tertiary/aromatic N) is 2. The molecule has 3 heteroatoms. The summed E-state index contributed by atoms with van der Waals surface area (Å²) in [5.74, 6) is 1.13. The van der Waals surface area contributed by atoms with E-state index in [0.29, 0.717) is 6.54 Å². The lowest BCUT2D eigenvalue weighted by Crippen LogP contribution is -2.11. The first-order chi connectivity index (χ1) is 5.27. The average molecular weight is 153 g/mol. The van der Waals surface area contributed by atoms with E-state index < -0.39 is 0 Å². The molecule has 0 radical (unpaired) electrons. The third-order valence-corrected chi connectivity index (χ3v) is 1.67. The van der Waals surface area contributed by atoms with Crippen molar-refractivity contribution < 1.29 is 0 Å². The van der Waals surface area contributed by atoms with Crippen LogP contribution in [0.2, 0.25) is 0 Å². The normalized spacial score (nSPS) is 10.5. The van der Waals surface area contributed by atoms with Gasteiger partial charge in [0.15, 0.2) is 0 Å². The molecule has 1 heterocycles. The summed E-state index contributed by atoms with van der Waals surface area (Å²) in [5.41, 5.74) is 6.52. The van der Waals surface area contributed by atoms with Gasteiger partial charge in [0, 0.05) is 25.7 Å². The fourth-order valence-electron chi connectivity index (χ4n) is 1.21. The Bertz CT molecular complexity index is 227. The molecule has 0 fully saturated rings. The quantitative estimate of drug-likeness (QED) is 0.695. The smallest absolute Gasteiger partial charge is 0.108 e. The first-order valence-corrected chi connectivity index (χ1v) is 4.00. The second-order valence-corrected chi connectivity index (χ2v) is 2.63. The molecule has 0 amide bonds. The second kappa shape index (κ2) is 3.53. The number of aromatic nitrogens is 2. The molecule has 11 heavy (non-hydrogen) atoms. The van der Waals surface area contributed by atoms with Crippen LogP contribution in [0.4, 0.5) is 0 Å². The molecular formula is C8H15N3. The number of imidazole rings is 1. The van der Waals surface area contributed by atoms with E-state index in [0.717, 1.165) is 24.5 Å². The maximum absolute atomic E-state index is 5.44. The molecule has 0 aliphatic carbocycles. The van der Waals surface area contributed by atoms with Crippen LogP contribution >= 0.6 is 0 Å². The third-order valence-electron chi connectivity index (χ3n) is 1.67. The van der Waals surface area contributed by atoms with Crippen LogP contribution in [0.25, 0.3) is 0 Å². The molecule has 0 bridgehead atoms. The van der Waals surface area contributed by atoms with Crippen LogP contribution in [-0.2, 0) is 13.0 Å². The highest BCUT2D eigenvalue weighted by Crippen LogP contribution is 2.01. The van der Waals surface area contributed by atoms with E-state index in [-0.39, 0.29) is 0 Å². The van der Waals surface area contributed by atoms with Crippen molar-refractivity contribution in [3.8, 4) is 0 Å². The van der Waals surface area contributed by atoms with Crippen LogP contribution in [0.5, 0.6) is 0 Å². The number of aryl methyl sites for hydroxylation is 2. The van der Waals surface area contributed by atoms with E-state index in [9.17, 15) is 0 Å². The van der Waals surface area contributed by atoms with Crippen molar-refractivity contribution in [1.82, 2.24) is 9.55 Å². The molecule has 0 unspecified atom stereocenters. The Morgan fingerprint density at radius 1 is 1.64 bits per heavy atom. The Balaban J connectivity index is 2.83. The minimum absolute atomic E-state index is 0.683. The number of hydrogen-bond acceptors (Lipinski definition) is 2. The monoisotopic (exact) mass is 153 g/mol. The third kappa shape index (κ3) is 1.80. The molecule has 1 aromatic rings. The molecular weight excluding hydrogens is 138 g/mol. The highest BCUT2D eigenvalue weighted by Gasteiger charge is 2.00. The van der Waals surface area contributed by atoms with Crippen molar-refractivity contribution in [3.05, 3.63) is 17.7 Å². The summed E-state index contributed by atoms with van der Waals surface area (Å²) < 4.78 is 2.12. The first kappa shape index (κ1) is 8.27. The molecule has 0 aromatic carbocycles. The Kier molecular flexibility index (Phi) is 2.65. The highest BCUT2D eigenvalue weighted by atomic mass is 15.1. The van der Waals surface area contributed by atoms with Gasteiger partial charge in [-0.05, 0) is 6.92 Å². The fraction of sp³-hybridized carbons (Fsp3) is 0.625. The molecule has 1 aromatic heterocycles. The molecule has 0 saturated heterocycles. The average Bonchev–Trinajstić information content (AvgIpc) is 2.32. The topological polar surface area (TPSA) is 43.8 Å². The van der Waals surface area contributed by atoms with Gasteiger partial charge in [-0.15, -0.1) is 0 Å².